The number of ether oxygens (including phenoxy) is 1. The normalized spacial score (nSPS) is 12.0. The van der Waals surface area contributed by atoms with Crippen molar-refractivity contribution in [3.8, 4) is 0 Å². The Kier molecular flexibility index (Phi) is 3.64. The number of halogens is 1. The van der Waals surface area contributed by atoms with Crippen molar-refractivity contribution in [3.63, 3.8) is 0 Å². The van der Waals surface area contributed by atoms with E-state index in [0.29, 0.717) is 0 Å². The fourth-order valence-corrected chi connectivity index (χ4v) is 0.603. The average molecular weight is 207 g/mol. The van der Waals surface area contributed by atoms with Crippen molar-refractivity contribution in [2.75, 3.05) is 0 Å². The molecule has 3 heteroatoms. The first-order valence-electron chi connectivity index (χ1n) is 2.95. The van der Waals surface area contributed by atoms with Crippen LogP contribution >= 0.6 is 15.9 Å². The monoisotopic (exact) mass is 206 g/mol. The lowest BCUT2D eigenvalue weighted by Crippen LogP contribution is -2.22. The lowest BCUT2D eigenvalue weighted by molar-refractivity contribution is -0.148. The van der Waals surface area contributed by atoms with Crippen LogP contribution in [0.1, 0.15) is 20.8 Å². The molecule has 0 N–H and O–H groups in total. The first kappa shape index (κ1) is 9.69. The van der Waals surface area contributed by atoms with Crippen LogP contribution < -0.4 is 0 Å². The molecular weight excluding hydrogens is 196 g/mol. The topological polar surface area (TPSA) is 26.3 Å². The van der Waals surface area contributed by atoms with E-state index >= 15 is 0 Å². The lowest BCUT2D eigenvalue weighted by Gasteiger charge is -2.17. The van der Waals surface area contributed by atoms with Crippen LogP contribution in [0.3, 0.4) is 0 Å². The fraction of sp³-hybridized carbons (Fsp3) is 0.571. The predicted molar refractivity (Wildman–Crippen MR) is 43.9 cm³/mol. The van der Waals surface area contributed by atoms with Gasteiger partial charge in [-0.1, -0.05) is 15.9 Å². The molecule has 0 aromatic carbocycles. The molecule has 0 fully saturated rings. The molecule has 0 aromatic heterocycles. The van der Waals surface area contributed by atoms with Crippen LogP contribution in [0.4, 0.5) is 0 Å². The Morgan fingerprint density at radius 1 is 1.50 bits per heavy atom. The Labute approximate surface area is 69.4 Å². The summed E-state index contributed by atoms with van der Waals surface area (Å²) >= 11 is 2.98. The number of rotatable bonds is 1. The Morgan fingerprint density at radius 2 is 2.00 bits per heavy atom. The molecule has 0 unspecified atom stereocenters. The smallest absolute Gasteiger partial charge is 0.331 e. The molecule has 0 heterocycles. The van der Waals surface area contributed by atoms with Gasteiger partial charge in [-0.15, -0.1) is 0 Å². The summed E-state index contributed by atoms with van der Waals surface area (Å²) in [5.41, 5.74) is -0.399. The molecule has 0 bridgehead atoms. The van der Waals surface area contributed by atoms with E-state index in [1.165, 1.54) is 11.1 Å². The zero-order chi connectivity index (χ0) is 8.20. The molecule has 0 spiro atoms. The van der Waals surface area contributed by atoms with Crippen molar-refractivity contribution in [1.82, 2.24) is 0 Å². The van der Waals surface area contributed by atoms with E-state index in [1.54, 1.807) is 0 Å². The molecule has 0 radical (unpaired) electrons. The largest absolute Gasteiger partial charge is 0.457 e. The highest BCUT2D eigenvalue weighted by Gasteiger charge is 2.13. The second-order valence-corrected chi connectivity index (χ2v) is 3.35. The van der Waals surface area contributed by atoms with Crippen LogP contribution in [0.15, 0.2) is 11.1 Å². The highest BCUT2D eigenvalue weighted by molar-refractivity contribution is 9.11. The molecule has 0 aliphatic rings. The van der Waals surface area contributed by atoms with Crippen molar-refractivity contribution >= 4 is 21.9 Å². The van der Waals surface area contributed by atoms with E-state index in [1.807, 2.05) is 20.8 Å². The molecule has 0 amide bonds. The van der Waals surface area contributed by atoms with E-state index in [9.17, 15) is 4.79 Å². The minimum absolute atomic E-state index is 0.329. The van der Waals surface area contributed by atoms with Crippen molar-refractivity contribution in [3.05, 3.63) is 11.1 Å². The summed E-state index contributed by atoms with van der Waals surface area (Å²) < 4.78 is 4.92. The summed E-state index contributed by atoms with van der Waals surface area (Å²) in [6.07, 6.45) is 1.32. The molecule has 0 aliphatic heterocycles. The number of carbonyl (C=O) groups is 1. The maximum absolute atomic E-state index is 10.7. The Hall–Kier alpha value is -0.310. The number of carbonyl (C=O) groups excluding carboxylic acids is 1. The summed E-state index contributed by atoms with van der Waals surface area (Å²) in [5, 5.41) is 0. The Balaban J connectivity index is 3.81. The van der Waals surface area contributed by atoms with Gasteiger partial charge in [0, 0.05) is 6.08 Å². The Bertz CT molecular complexity index is 144. The van der Waals surface area contributed by atoms with Gasteiger partial charge in [-0.3, -0.25) is 0 Å². The van der Waals surface area contributed by atoms with Crippen LogP contribution in [-0.2, 0) is 9.53 Å². The summed E-state index contributed by atoms with van der Waals surface area (Å²) in [6, 6.07) is 0. The molecule has 0 saturated carbocycles. The first-order chi connectivity index (χ1) is 4.45. The third-order valence-electron chi connectivity index (χ3n) is 0.606. The Morgan fingerprint density at radius 3 is 2.30 bits per heavy atom. The third-order valence-corrected chi connectivity index (χ3v) is 0.870. The summed E-state index contributed by atoms with van der Waals surface area (Å²) in [6.45, 7) is 5.48. The van der Waals surface area contributed by atoms with Gasteiger partial charge in [-0.2, -0.15) is 0 Å². The third kappa shape index (κ3) is 5.82. The molecular formula is C7H11BrO2. The quantitative estimate of drug-likeness (QED) is 0.486. The van der Waals surface area contributed by atoms with E-state index in [4.69, 9.17) is 4.74 Å². The molecule has 0 atom stereocenters. The summed E-state index contributed by atoms with van der Waals surface area (Å²) in [4.78, 5) is 12.2. The molecule has 0 aromatic rings. The average Bonchev–Trinajstić information content (AvgIpc) is 1.59. The van der Waals surface area contributed by atoms with Crippen LogP contribution in [0.2, 0.25) is 0 Å². The second kappa shape index (κ2) is 3.76. The SMILES string of the molecule is CC(C)(C)OC(=O)/C=C/Br. The van der Waals surface area contributed by atoms with Gasteiger partial charge in [-0.25, -0.2) is 4.79 Å². The van der Waals surface area contributed by atoms with Gasteiger partial charge in [0.05, 0.1) is 0 Å². The zero-order valence-corrected chi connectivity index (χ0v) is 7.94. The van der Waals surface area contributed by atoms with Crippen molar-refractivity contribution in [2.24, 2.45) is 0 Å². The van der Waals surface area contributed by atoms with Gasteiger partial charge in [0.15, 0.2) is 0 Å². The fourth-order valence-electron chi connectivity index (χ4n) is 0.387. The first-order valence-corrected chi connectivity index (χ1v) is 3.87. The van der Waals surface area contributed by atoms with Crippen molar-refractivity contribution < 1.29 is 9.53 Å². The lowest BCUT2D eigenvalue weighted by atomic mass is 10.2. The van der Waals surface area contributed by atoms with E-state index in [2.05, 4.69) is 15.9 Å². The molecule has 2 nitrogen and oxygen atoms in total. The van der Waals surface area contributed by atoms with Gasteiger partial charge in [-0.05, 0) is 25.8 Å². The summed E-state index contributed by atoms with van der Waals surface area (Å²) in [5.74, 6) is -0.329. The van der Waals surface area contributed by atoms with Crippen molar-refractivity contribution in [2.45, 2.75) is 26.4 Å². The van der Waals surface area contributed by atoms with Gasteiger partial charge >= 0.3 is 5.97 Å². The highest BCUT2D eigenvalue weighted by Crippen LogP contribution is 2.07. The predicted octanol–water partition coefficient (Wildman–Crippen LogP) is 2.24. The minimum Gasteiger partial charge on any atom is -0.457 e. The van der Waals surface area contributed by atoms with Gasteiger partial charge in [0.2, 0.25) is 0 Å². The maximum Gasteiger partial charge on any atom is 0.331 e. The van der Waals surface area contributed by atoms with Gasteiger partial charge in [0.25, 0.3) is 0 Å². The maximum atomic E-state index is 10.7. The van der Waals surface area contributed by atoms with Crippen LogP contribution in [-0.4, -0.2) is 11.6 Å². The van der Waals surface area contributed by atoms with Gasteiger partial charge < -0.3 is 4.74 Å². The minimum atomic E-state index is -0.399. The molecule has 0 aliphatic carbocycles. The van der Waals surface area contributed by atoms with E-state index in [-0.39, 0.29) is 5.97 Å². The standard InChI is InChI=1S/C7H11BrO2/c1-7(2,3)10-6(9)4-5-8/h4-5H,1-3H3/b5-4+. The number of esters is 1. The molecule has 10 heavy (non-hydrogen) atoms. The summed E-state index contributed by atoms with van der Waals surface area (Å²) in [7, 11) is 0. The zero-order valence-electron chi connectivity index (χ0n) is 6.35. The van der Waals surface area contributed by atoms with Crippen LogP contribution in [0, 0.1) is 0 Å². The van der Waals surface area contributed by atoms with E-state index < -0.39 is 5.60 Å². The molecule has 58 valence electrons. The number of hydrogen-bond acceptors (Lipinski definition) is 2. The van der Waals surface area contributed by atoms with Crippen LogP contribution in [0.25, 0.3) is 0 Å². The van der Waals surface area contributed by atoms with Crippen LogP contribution in [0.5, 0.6) is 0 Å². The number of hydrogen-bond donors (Lipinski definition) is 0. The highest BCUT2D eigenvalue weighted by atomic mass is 79.9. The molecule has 0 saturated heterocycles. The van der Waals surface area contributed by atoms with E-state index in [0.717, 1.165) is 0 Å². The molecule has 0 rings (SSSR count). The second-order valence-electron chi connectivity index (χ2n) is 2.83. The van der Waals surface area contributed by atoms with Gasteiger partial charge in [0.1, 0.15) is 5.60 Å². The van der Waals surface area contributed by atoms with Crippen molar-refractivity contribution in [1.29, 1.82) is 0 Å².